The van der Waals surface area contributed by atoms with Crippen molar-refractivity contribution >= 4 is 17.5 Å². The second-order valence-electron chi connectivity index (χ2n) is 7.10. The van der Waals surface area contributed by atoms with Crippen LogP contribution in [0.2, 0.25) is 0 Å². The number of likely N-dealkylation sites (tertiary alicyclic amines) is 1. The lowest BCUT2D eigenvalue weighted by Gasteiger charge is -2.38. The Balaban J connectivity index is 1.57. The maximum Gasteiger partial charge on any atom is 0.254 e. The molecule has 2 heterocycles. The molecule has 4 nitrogen and oxygen atoms in total. The van der Waals surface area contributed by atoms with E-state index in [0.29, 0.717) is 18.4 Å². The summed E-state index contributed by atoms with van der Waals surface area (Å²) >= 11 is 0. The summed E-state index contributed by atoms with van der Waals surface area (Å²) in [5, 5.41) is 0. The Labute approximate surface area is 137 Å². The van der Waals surface area contributed by atoms with Gasteiger partial charge in [-0.3, -0.25) is 9.59 Å². The van der Waals surface area contributed by atoms with Gasteiger partial charge in [0.15, 0.2) is 0 Å². The number of carbonyl (C=O) groups is 2. The van der Waals surface area contributed by atoms with Crippen molar-refractivity contribution in [2.45, 2.75) is 51.0 Å². The third-order valence-electron chi connectivity index (χ3n) is 5.73. The largest absolute Gasteiger partial charge is 0.335 e. The van der Waals surface area contributed by atoms with Crippen LogP contribution in [0.1, 0.15) is 55.3 Å². The molecule has 3 aliphatic rings. The topological polar surface area (TPSA) is 40.6 Å². The van der Waals surface area contributed by atoms with Gasteiger partial charge in [0, 0.05) is 36.8 Å². The van der Waals surface area contributed by atoms with Crippen LogP contribution in [0.15, 0.2) is 24.3 Å². The number of rotatable bonds is 2. The summed E-state index contributed by atoms with van der Waals surface area (Å²) in [5.74, 6) is 1.02. The van der Waals surface area contributed by atoms with Gasteiger partial charge in [-0.15, -0.1) is 0 Å². The highest BCUT2D eigenvalue weighted by Gasteiger charge is 2.37. The maximum atomic E-state index is 13.0. The van der Waals surface area contributed by atoms with E-state index in [9.17, 15) is 9.59 Å². The predicted octanol–water partition coefficient (Wildman–Crippen LogP) is 3.22. The van der Waals surface area contributed by atoms with Crippen LogP contribution in [0.25, 0.3) is 0 Å². The van der Waals surface area contributed by atoms with E-state index in [1.54, 1.807) is 0 Å². The van der Waals surface area contributed by atoms with E-state index in [1.165, 1.54) is 19.3 Å². The molecule has 0 unspecified atom stereocenters. The zero-order valence-corrected chi connectivity index (χ0v) is 13.5. The first-order valence-corrected chi connectivity index (χ1v) is 8.95. The van der Waals surface area contributed by atoms with E-state index in [0.717, 1.165) is 43.6 Å². The van der Waals surface area contributed by atoms with E-state index in [-0.39, 0.29) is 11.8 Å². The van der Waals surface area contributed by atoms with Crippen molar-refractivity contribution < 1.29 is 9.59 Å². The second kappa shape index (κ2) is 5.99. The fourth-order valence-electron chi connectivity index (χ4n) is 4.60. The minimum Gasteiger partial charge on any atom is -0.335 e. The molecule has 1 aromatic rings. The predicted molar refractivity (Wildman–Crippen MR) is 89.4 cm³/mol. The molecule has 0 aromatic heterocycles. The van der Waals surface area contributed by atoms with Crippen molar-refractivity contribution in [3.8, 4) is 0 Å². The molecule has 0 N–H and O–H groups in total. The third kappa shape index (κ3) is 2.64. The minimum atomic E-state index is 0.148. The highest BCUT2D eigenvalue weighted by molar-refractivity contribution is 5.99. The number of nitrogens with zero attached hydrogens (tertiary/aromatic N) is 2. The van der Waals surface area contributed by atoms with Gasteiger partial charge < -0.3 is 9.80 Å². The van der Waals surface area contributed by atoms with Crippen LogP contribution in [0.3, 0.4) is 0 Å². The molecule has 2 amide bonds. The van der Waals surface area contributed by atoms with Gasteiger partial charge in [0.2, 0.25) is 5.91 Å². The van der Waals surface area contributed by atoms with Gasteiger partial charge in [-0.25, -0.2) is 0 Å². The molecule has 0 radical (unpaired) electrons. The highest BCUT2D eigenvalue weighted by Crippen LogP contribution is 2.37. The van der Waals surface area contributed by atoms with Crippen molar-refractivity contribution in [2.24, 2.45) is 5.92 Å². The van der Waals surface area contributed by atoms with E-state index in [1.807, 2.05) is 29.2 Å². The van der Waals surface area contributed by atoms with Crippen molar-refractivity contribution in [3.05, 3.63) is 29.8 Å². The van der Waals surface area contributed by atoms with Gasteiger partial charge in [-0.05, 0) is 56.2 Å². The Bertz CT molecular complexity index is 628. The highest BCUT2D eigenvalue weighted by atomic mass is 16.2. The minimum absolute atomic E-state index is 0.148. The first-order chi connectivity index (χ1) is 11.2. The summed E-state index contributed by atoms with van der Waals surface area (Å²) in [6.45, 7) is 1.65. The van der Waals surface area contributed by atoms with Gasteiger partial charge in [-0.1, -0.05) is 12.5 Å². The second-order valence-corrected chi connectivity index (χ2v) is 7.10. The standard InChI is InChI=1S/C19H24N2O2/c22-18-10-4-11-20(18)16-8-1-6-15(13-16)19(23)21-12-3-7-14-5-2-9-17(14)21/h1,6,8,13-14,17H,2-5,7,9-12H2/t14-,17+/m1/s1. The number of amides is 2. The Morgan fingerprint density at radius 2 is 1.91 bits per heavy atom. The number of hydrogen-bond donors (Lipinski definition) is 0. The van der Waals surface area contributed by atoms with Gasteiger partial charge in [0.25, 0.3) is 5.91 Å². The molecule has 4 heteroatoms. The summed E-state index contributed by atoms with van der Waals surface area (Å²) in [5.41, 5.74) is 1.60. The normalized spacial score (nSPS) is 27.4. The Kier molecular flexibility index (Phi) is 3.83. The molecule has 0 bridgehead atoms. The molecule has 2 atom stereocenters. The molecule has 23 heavy (non-hydrogen) atoms. The van der Waals surface area contributed by atoms with Crippen molar-refractivity contribution in [1.29, 1.82) is 0 Å². The van der Waals surface area contributed by atoms with Crippen LogP contribution < -0.4 is 4.90 Å². The van der Waals surface area contributed by atoms with E-state index in [2.05, 4.69) is 4.90 Å². The average molecular weight is 312 g/mol. The Hall–Kier alpha value is -1.84. The average Bonchev–Trinajstić information content (AvgIpc) is 3.22. The Morgan fingerprint density at radius 1 is 1.04 bits per heavy atom. The smallest absolute Gasteiger partial charge is 0.254 e. The lowest BCUT2D eigenvalue weighted by atomic mass is 9.91. The summed E-state index contributed by atoms with van der Waals surface area (Å²) in [4.78, 5) is 28.9. The molecule has 1 aliphatic carbocycles. The molecule has 1 saturated carbocycles. The first kappa shape index (κ1) is 14.7. The summed E-state index contributed by atoms with van der Waals surface area (Å²) in [7, 11) is 0. The molecule has 2 aliphatic heterocycles. The molecule has 122 valence electrons. The summed E-state index contributed by atoms with van der Waals surface area (Å²) in [6, 6.07) is 8.08. The number of fused-ring (bicyclic) bond motifs is 1. The zero-order chi connectivity index (χ0) is 15.8. The van der Waals surface area contributed by atoms with Crippen LogP contribution in [0, 0.1) is 5.92 Å². The van der Waals surface area contributed by atoms with E-state index in [4.69, 9.17) is 0 Å². The number of piperidine rings is 1. The molecule has 4 rings (SSSR count). The van der Waals surface area contributed by atoms with E-state index >= 15 is 0 Å². The number of benzene rings is 1. The van der Waals surface area contributed by atoms with Crippen LogP contribution in [-0.2, 0) is 4.79 Å². The summed E-state index contributed by atoms with van der Waals surface area (Å²) < 4.78 is 0. The van der Waals surface area contributed by atoms with Crippen molar-refractivity contribution in [2.75, 3.05) is 18.0 Å². The molecule has 1 aromatic carbocycles. The molecule has 0 spiro atoms. The lowest BCUT2D eigenvalue weighted by molar-refractivity contribution is -0.117. The zero-order valence-electron chi connectivity index (χ0n) is 13.5. The van der Waals surface area contributed by atoms with Crippen LogP contribution >= 0.6 is 0 Å². The number of carbonyl (C=O) groups excluding carboxylic acids is 2. The summed E-state index contributed by atoms with van der Waals surface area (Å²) in [6.07, 6.45) is 7.60. The van der Waals surface area contributed by atoms with Crippen LogP contribution in [0.5, 0.6) is 0 Å². The molecule has 3 fully saturated rings. The van der Waals surface area contributed by atoms with Gasteiger partial charge in [0.1, 0.15) is 0 Å². The van der Waals surface area contributed by atoms with Gasteiger partial charge >= 0.3 is 0 Å². The first-order valence-electron chi connectivity index (χ1n) is 8.95. The SMILES string of the molecule is O=C1CCCN1c1cccc(C(=O)N2CCC[C@H]3CCC[C@@H]32)c1. The quantitative estimate of drug-likeness (QED) is 0.841. The maximum absolute atomic E-state index is 13.0. The third-order valence-corrected chi connectivity index (χ3v) is 5.73. The van der Waals surface area contributed by atoms with E-state index < -0.39 is 0 Å². The van der Waals surface area contributed by atoms with Crippen LogP contribution in [0.4, 0.5) is 5.69 Å². The van der Waals surface area contributed by atoms with Crippen molar-refractivity contribution in [1.82, 2.24) is 4.90 Å². The lowest BCUT2D eigenvalue weighted by Crippen LogP contribution is -2.46. The molecule has 2 saturated heterocycles. The monoisotopic (exact) mass is 312 g/mol. The van der Waals surface area contributed by atoms with Crippen LogP contribution in [-0.4, -0.2) is 35.8 Å². The number of anilines is 1. The van der Waals surface area contributed by atoms with Crippen molar-refractivity contribution in [3.63, 3.8) is 0 Å². The fraction of sp³-hybridized carbons (Fsp3) is 0.579. The van der Waals surface area contributed by atoms with Gasteiger partial charge in [0.05, 0.1) is 0 Å². The Morgan fingerprint density at radius 3 is 2.74 bits per heavy atom. The fourth-order valence-corrected chi connectivity index (χ4v) is 4.60. The van der Waals surface area contributed by atoms with Gasteiger partial charge in [-0.2, -0.15) is 0 Å². The molecular formula is C19H24N2O2. The molecular weight excluding hydrogens is 288 g/mol. The number of hydrogen-bond acceptors (Lipinski definition) is 2.